The van der Waals surface area contributed by atoms with Crippen LogP contribution in [0.3, 0.4) is 0 Å². The number of hydrogen-bond acceptors (Lipinski definition) is 3. The Hall–Kier alpha value is -4.68. The SMILES string of the molecule is CCn1c(-c2[c-]cc(-c3ccccc3)c3c2oc2ccccc23)nc2ccccc21.[2H]C(C)(C)c1cc(-c2[c-]cccc2F)ncc1[Si](C)(C)C.[Ir]. The number of benzene rings is 5. The molecule has 0 unspecified atom stereocenters. The van der Waals surface area contributed by atoms with Gasteiger partial charge in [-0.1, -0.05) is 128 Å². The number of para-hydroxylation sites is 3. The molecule has 0 spiro atoms. The third-order valence-corrected chi connectivity index (χ3v) is 11.1. The Balaban J connectivity index is 0.000000187. The summed E-state index contributed by atoms with van der Waals surface area (Å²) in [4.78, 5) is 9.38. The fraction of sp³-hybridized carbons (Fsp3) is 0.182. The van der Waals surface area contributed by atoms with E-state index in [1.54, 1.807) is 12.1 Å². The Bertz CT molecular complexity index is 2510. The largest absolute Gasteiger partial charge is 0.501 e. The van der Waals surface area contributed by atoms with Crippen molar-refractivity contribution in [3.63, 3.8) is 0 Å². The Kier molecular flexibility index (Phi) is 10.1. The van der Waals surface area contributed by atoms with Crippen molar-refractivity contribution in [2.45, 2.75) is 52.9 Å². The van der Waals surface area contributed by atoms with E-state index in [2.05, 4.69) is 109 Å². The number of fused-ring (bicyclic) bond motifs is 4. The van der Waals surface area contributed by atoms with Gasteiger partial charge in [0.2, 0.25) is 0 Å². The van der Waals surface area contributed by atoms with Gasteiger partial charge in [-0.25, -0.2) is 0 Å². The number of nitrogens with zero attached hydrogens (tertiary/aromatic N) is 3. The number of rotatable bonds is 6. The van der Waals surface area contributed by atoms with E-state index in [1.165, 1.54) is 6.07 Å². The van der Waals surface area contributed by atoms with Crippen LogP contribution in [0.25, 0.3) is 66.7 Å². The molecule has 0 fully saturated rings. The minimum Gasteiger partial charge on any atom is -0.501 e. The molecule has 0 aliphatic rings. The molecule has 5 aromatic carbocycles. The second-order valence-electron chi connectivity index (χ2n) is 13.7. The zero-order valence-corrected chi connectivity index (χ0v) is 33.0. The molecule has 7 heteroatoms. The van der Waals surface area contributed by atoms with Gasteiger partial charge < -0.3 is 14.0 Å². The Labute approximate surface area is 315 Å². The fourth-order valence-corrected chi connectivity index (χ4v) is 8.17. The van der Waals surface area contributed by atoms with Crippen LogP contribution in [0.2, 0.25) is 19.6 Å². The van der Waals surface area contributed by atoms with E-state index in [9.17, 15) is 4.39 Å². The molecule has 4 nitrogen and oxygen atoms in total. The van der Waals surface area contributed by atoms with E-state index in [0.29, 0.717) is 11.3 Å². The minimum atomic E-state index is -1.61. The van der Waals surface area contributed by atoms with Crippen molar-refractivity contribution in [3.05, 3.63) is 139 Å². The van der Waals surface area contributed by atoms with Crippen molar-refractivity contribution in [2.75, 3.05) is 0 Å². The van der Waals surface area contributed by atoms with E-state index >= 15 is 0 Å². The summed E-state index contributed by atoms with van der Waals surface area (Å²) in [5.41, 5.74) is 8.85. The van der Waals surface area contributed by atoms with Crippen molar-refractivity contribution in [3.8, 4) is 33.8 Å². The van der Waals surface area contributed by atoms with Gasteiger partial charge in [-0.05, 0) is 47.3 Å². The normalized spacial score (nSPS) is 12.0. The Morgan fingerprint density at radius 1 is 0.902 bits per heavy atom. The maximum Gasteiger partial charge on any atom is 0.120 e. The number of pyridine rings is 1. The van der Waals surface area contributed by atoms with Gasteiger partial charge in [0, 0.05) is 45.4 Å². The number of furan rings is 1. The summed E-state index contributed by atoms with van der Waals surface area (Å²) < 4.78 is 31.0. The molecule has 0 atom stereocenters. The summed E-state index contributed by atoms with van der Waals surface area (Å²) in [6.07, 6.45) is 1.83. The van der Waals surface area contributed by atoms with E-state index in [4.69, 9.17) is 10.8 Å². The van der Waals surface area contributed by atoms with Crippen LogP contribution in [-0.4, -0.2) is 22.6 Å². The van der Waals surface area contributed by atoms with Gasteiger partial charge in [0.25, 0.3) is 0 Å². The summed E-state index contributed by atoms with van der Waals surface area (Å²) >= 11 is 0. The van der Waals surface area contributed by atoms with Gasteiger partial charge in [-0.15, -0.1) is 36.4 Å². The third-order valence-electron chi connectivity index (χ3n) is 9.04. The first kappa shape index (κ1) is 34.8. The smallest absolute Gasteiger partial charge is 0.120 e. The molecule has 8 rings (SSSR count). The predicted octanol–water partition coefficient (Wildman–Crippen LogP) is 11.4. The molecule has 0 bridgehead atoms. The number of aromatic nitrogens is 3. The van der Waals surface area contributed by atoms with Crippen LogP contribution in [0.5, 0.6) is 0 Å². The van der Waals surface area contributed by atoms with Gasteiger partial charge in [0.15, 0.2) is 0 Å². The fourth-order valence-electron chi connectivity index (χ4n) is 6.58. The third kappa shape index (κ3) is 6.99. The van der Waals surface area contributed by atoms with Crippen LogP contribution in [0.1, 0.15) is 33.6 Å². The predicted molar refractivity (Wildman–Crippen MR) is 208 cm³/mol. The van der Waals surface area contributed by atoms with E-state index < -0.39 is 14.0 Å². The van der Waals surface area contributed by atoms with Crippen LogP contribution < -0.4 is 5.19 Å². The van der Waals surface area contributed by atoms with Gasteiger partial charge in [-0.2, -0.15) is 0 Å². The number of halogens is 1. The molecular weight excluding hydrogens is 826 g/mol. The Morgan fingerprint density at radius 3 is 2.35 bits per heavy atom. The Morgan fingerprint density at radius 2 is 1.63 bits per heavy atom. The molecule has 0 saturated carbocycles. The second kappa shape index (κ2) is 14.9. The van der Waals surface area contributed by atoms with Crippen molar-refractivity contribution in [1.82, 2.24) is 14.5 Å². The van der Waals surface area contributed by atoms with Gasteiger partial charge in [-0.3, -0.25) is 9.37 Å². The van der Waals surface area contributed by atoms with Crippen LogP contribution in [0.15, 0.2) is 120 Å². The molecule has 1 radical (unpaired) electrons. The zero-order chi connectivity index (χ0) is 35.9. The van der Waals surface area contributed by atoms with E-state index in [1.807, 2.05) is 50.4 Å². The molecule has 259 valence electrons. The minimum absolute atomic E-state index is 0. The molecule has 0 aliphatic heterocycles. The molecular formula is C44H40FIrN3OSi-2. The van der Waals surface area contributed by atoms with Gasteiger partial charge in [0.1, 0.15) is 5.58 Å². The van der Waals surface area contributed by atoms with Crippen LogP contribution in [0, 0.1) is 17.9 Å². The first-order valence-corrected chi connectivity index (χ1v) is 20.5. The average Bonchev–Trinajstić information content (AvgIpc) is 3.70. The second-order valence-corrected chi connectivity index (χ2v) is 18.7. The molecule has 0 saturated heterocycles. The molecule has 51 heavy (non-hydrogen) atoms. The van der Waals surface area contributed by atoms with Gasteiger partial charge >= 0.3 is 0 Å². The molecule has 3 aromatic heterocycles. The van der Waals surface area contributed by atoms with Crippen molar-refractivity contribution in [2.24, 2.45) is 0 Å². The molecule has 0 amide bonds. The summed E-state index contributed by atoms with van der Waals surface area (Å²) in [5.74, 6) is -0.180. The van der Waals surface area contributed by atoms with Crippen LogP contribution in [-0.2, 0) is 26.7 Å². The number of hydrogen-bond donors (Lipinski definition) is 0. The van der Waals surface area contributed by atoms with E-state index in [-0.39, 0.29) is 25.9 Å². The molecule has 3 heterocycles. The zero-order valence-electron chi connectivity index (χ0n) is 30.6. The standard InChI is InChI=1S/C27H19N2O.C17H21FNSi.Ir/c1-2-29-23-14-8-7-13-22(23)28-27(29)21-17-16-19(18-10-4-3-5-11-18)25-20-12-6-9-15-24(20)30-26(21)25;1-12(2)14-10-16(13-8-6-7-9-15(13)18)19-11-17(14)20(3,4)5;/h3-16H,2H2,1H3;6-7,9-12H,1-5H3;/q2*-1;/i;12D;. The maximum absolute atomic E-state index is 13.9. The van der Waals surface area contributed by atoms with E-state index in [0.717, 1.165) is 72.8 Å². The average molecular weight is 867 g/mol. The van der Waals surface area contributed by atoms with Crippen molar-refractivity contribution < 1.29 is 30.3 Å². The van der Waals surface area contributed by atoms with Crippen LogP contribution >= 0.6 is 0 Å². The number of aryl methyl sites for hydroxylation is 1. The van der Waals surface area contributed by atoms with Crippen molar-refractivity contribution >= 4 is 46.2 Å². The van der Waals surface area contributed by atoms with Crippen LogP contribution in [0.4, 0.5) is 4.39 Å². The quantitative estimate of drug-likeness (QED) is 0.124. The number of imidazole rings is 1. The topological polar surface area (TPSA) is 43.9 Å². The van der Waals surface area contributed by atoms with Gasteiger partial charge in [0.05, 0.1) is 30.5 Å². The first-order valence-electron chi connectivity index (χ1n) is 17.5. The summed E-state index contributed by atoms with van der Waals surface area (Å²) in [5, 5.41) is 3.38. The summed E-state index contributed by atoms with van der Waals surface area (Å²) in [6, 6.07) is 41.9. The first-order chi connectivity index (χ1) is 24.5. The summed E-state index contributed by atoms with van der Waals surface area (Å²) in [6.45, 7) is 13.4. The monoisotopic (exact) mass is 867 g/mol. The maximum atomic E-state index is 13.9. The molecule has 0 aliphatic carbocycles. The molecule has 0 N–H and O–H groups in total. The molecule has 8 aromatic rings. The summed E-state index contributed by atoms with van der Waals surface area (Å²) in [7, 11) is -1.61. The van der Waals surface area contributed by atoms with Crippen molar-refractivity contribution in [1.29, 1.82) is 0 Å².